The summed E-state index contributed by atoms with van der Waals surface area (Å²) in [5.74, 6) is 0.776. The molecule has 0 bridgehead atoms. The lowest BCUT2D eigenvalue weighted by molar-refractivity contribution is 0.219. The standard InChI is InChI=1S/C28H28ClN3/c1-32-14-12-20(13-15-32)16-21-6-4-9-24(17-21)30-28-19-27(22-7-5-8-23(29)18-22)31-26-11-3-2-10-25(26)28/h2-11,17-20H,12-16H2,1H3,(H,30,31). The number of nitrogens with one attached hydrogen (secondary N) is 1. The van der Waals surface area contributed by atoms with E-state index < -0.39 is 0 Å². The molecule has 5 rings (SSSR count). The normalized spacial score (nSPS) is 15.2. The number of hydrogen-bond acceptors (Lipinski definition) is 3. The van der Waals surface area contributed by atoms with Crippen LogP contribution in [0.4, 0.5) is 11.4 Å². The summed E-state index contributed by atoms with van der Waals surface area (Å²) in [7, 11) is 2.22. The monoisotopic (exact) mass is 441 g/mol. The number of halogens is 1. The number of aromatic nitrogens is 1. The van der Waals surface area contributed by atoms with Crippen molar-refractivity contribution in [1.29, 1.82) is 0 Å². The first kappa shape index (κ1) is 21.0. The Labute approximate surface area is 195 Å². The van der Waals surface area contributed by atoms with Gasteiger partial charge in [-0.15, -0.1) is 0 Å². The Morgan fingerprint density at radius 1 is 0.938 bits per heavy atom. The van der Waals surface area contributed by atoms with Gasteiger partial charge in [0.2, 0.25) is 0 Å². The second-order valence-corrected chi connectivity index (χ2v) is 9.30. The van der Waals surface area contributed by atoms with Crippen LogP contribution in [0.1, 0.15) is 18.4 Å². The van der Waals surface area contributed by atoms with Crippen molar-refractivity contribution >= 4 is 33.9 Å². The van der Waals surface area contributed by atoms with Crippen molar-refractivity contribution in [2.75, 3.05) is 25.5 Å². The minimum atomic E-state index is 0.716. The fourth-order valence-electron chi connectivity index (χ4n) is 4.61. The van der Waals surface area contributed by atoms with E-state index in [9.17, 15) is 0 Å². The fourth-order valence-corrected chi connectivity index (χ4v) is 4.80. The van der Waals surface area contributed by atoms with E-state index in [1.165, 1.54) is 31.5 Å². The summed E-state index contributed by atoms with van der Waals surface area (Å²) in [6.45, 7) is 2.41. The Hall–Kier alpha value is -2.88. The van der Waals surface area contributed by atoms with Gasteiger partial charge in [0.1, 0.15) is 0 Å². The number of nitrogens with zero attached hydrogens (tertiary/aromatic N) is 2. The number of fused-ring (bicyclic) bond motifs is 1. The van der Waals surface area contributed by atoms with E-state index in [4.69, 9.17) is 16.6 Å². The molecular formula is C28H28ClN3. The zero-order valence-electron chi connectivity index (χ0n) is 18.4. The van der Waals surface area contributed by atoms with Crippen LogP contribution in [0.15, 0.2) is 78.9 Å². The first-order valence-electron chi connectivity index (χ1n) is 11.3. The third-order valence-corrected chi connectivity index (χ3v) is 6.64. The summed E-state index contributed by atoms with van der Waals surface area (Å²) in [4.78, 5) is 7.32. The first-order valence-corrected chi connectivity index (χ1v) is 11.7. The lowest BCUT2D eigenvalue weighted by Crippen LogP contribution is -2.30. The average Bonchev–Trinajstić information content (AvgIpc) is 2.81. The molecule has 4 heteroatoms. The van der Waals surface area contributed by atoms with E-state index in [0.717, 1.165) is 45.9 Å². The van der Waals surface area contributed by atoms with Gasteiger partial charge in [0.15, 0.2) is 0 Å². The maximum absolute atomic E-state index is 6.24. The summed E-state index contributed by atoms with van der Waals surface area (Å²) < 4.78 is 0. The highest BCUT2D eigenvalue weighted by Crippen LogP contribution is 2.32. The maximum Gasteiger partial charge on any atom is 0.0730 e. The number of likely N-dealkylation sites (tertiary alicyclic amines) is 1. The summed E-state index contributed by atoms with van der Waals surface area (Å²) in [6.07, 6.45) is 3.71. The fraction of sp³-hybridized carbons (Fsp3) is 0.250. The second kappa shape index (κ2) is 9.32. The molecule has 1 aromatic heterocycles. The smallest absolute Gasteiger partial charge is 0.0730 e. The number of para-hydroxylation sites is 1. The van der Waals surface area contributed by atoms with Gasteiger partial charge in [-0.25, -0.2) is 4.98 Å². The molecule has 1 fully saturated rings. The quantitative estimate of drug-likeness (QED) is 0.355. The minimum Gasteiger partial charge on any atom is -0.355 e. The van der Waals surface area contributed by atoms with Gasteiger partial charge >= 0.3 is 0 Å². The highest BCUT2D eigenvalue weighted by molar-refractivity contribution is 6.30. The number of hydrogen-bond donors (Lipinski definition) is 1. The Morgan fingerprint density at radius 2 is 1.75 bits per heavy atom. The predicted octanol–water partition coefficient (Wildman–Crippen LogP) is 7.18. The van der Waals surface area contributed by atoms with Crippen molar-refractivity contribution in [3.8, 4) is 11.3 Å². The highest BCUT2D eigenvalue weighted by Gasteiger charge is 2.17. The molecular weight excluding hydrogens is 414 g/mol. The van der Waals surface area contributed by atoms with Crippen molar-refractivity contribution < 1.29 is 0 Å². The van der Waals surface area contributed by atoms with Gasteiger partial charge < -0.3 is 10.2 Å². The molecule has 4 aromatic rings. The number of benzene rings is 3. The van der Waals surface area contributed by atoms with Crippen molar-refractivity contribution in [2.24, 2.45) is 5.92 Å². The summed E-state index contributed by atoms with van der Waals surface area (Å²) >= 11 is 6.24. The topological polar surface area (TPSA) is 28.2 Å². The van der Waals surface area contributed by atoms with E-state index >= 15 is 0 Å². The molecule has 32 heavy (non-hydrogen) atoms. The van der Waals surface area contributed by atoms with Crippen LogP contribution < -0.4 is 5.32 Å². The lowest BCUT2D eigenvalue weighted by atomic mass is 9.90. The predicted molar refractivity (Wildman–Crippen MR) is 136 cm³/mol. The molecule has 0 spiro atoms. The molecule has 0 saturated carbocycles. The minimum absolute atomic E-state index is 0.716. The van der Waals surface area contributed by atoms with Crippen LogP contribution in [0, 0.1) is 5.92 Å². The van der Waals surface area contributed by atoms with Gasteiger partial charge in [0, 0.05) is 21.7 Å². The zero-order chi connectivity index (χ0) is 21.9. The molecule has 0 aliphatic carbocycles. The Morgan fingerprint density at radius 3 is 2.59 bits per heavy atom. The van der Waals surface area contributed by atoms with Crippen LogP contribution in [-0.2, 0) is 6.42 Å². The van der Waals surface area contributed by atoms with Crippen LogP contribution in [-0.4, -0.2) is 30.0 Å². The third kappa shape index (κ3) is 4.79. The van der Waals surface area contributed by atoms with Gasteiger partial charge in [-0.3, -0.25) is 0 Å². The van der Waals surface area contributed by atoms with E-state index in [1.807, 2.05) is 24.3 Å². The van der Waals surface area contributed by atoms with Crippen molar-refractivity contribution in [3.05, 3.63) is 89.4 Å². The molecule has 1 aliphatic heterocycles. The number of piperidine rings is 1. The van der Waals surface area contributed by atoms with E-state index in [0.29, 0.717) is 5.02 Å². The number of rotatable bonds is 5. The van der Waals surface area contributed by atoms with Crippen LogP contribution in [0.5, 0.6) is 0 Å². The molecule has 0 amide bonds. The van der Waals surface area contributed by atoms with Crippen LogP contribution in [0.2, 0.25) is 5.02 Å². The lowest BCUT2D eigenvalue weighted by Gasteiger charge is -2.29. The molecule has 3 nitrogen and oxygen atoms in total. The SMILES string of the molecule is CN1CCC(Cc2cccc(Nc3cc(-c4cccc(Cl)c4)nc4ccccc34)c2)CC1. The van der Waals surface area contributed by atoms with Gasteiger partial charge in [-0.05, 0) is 87.3 Å². The molecule has 2 heterocycles. The number of pyridine rings is 1. The molecule has 0 unspecified atom stereocenters. The molecule has 162 valence electrons. The van der Waals surface area contributed by atoms with Gasteiger partial charge in [-0.1, -0.05) is 54.1 Å². The molecule has 0 atom stereocenters. The van der Waals surface area contributed by atoms with E-state index in [2.05, 4.69) is 71.9 Å². The number of anilines is 2. The Kier molecular flexibility index (Phi) is 6.11. The molecule has 1 N–H and O–H groups in total. The zero-order valence-corrected chi connectivity index (χ0v) is 19.1. The van der Waals surface area contributed by atoms with Gasteiger partial charge in [0.05, 0.1) is 16.9 Å². The average molecular weight is 442 g/mol. The molecule has 3 aromatic carbocycles. The third-order valence-electron chi connectivity index (χ3n) is 6.41. The van der Waals surface area contributed by atoms with Crippen molar-refractivity contribution in [3.63, 3.8) is 0 Å². The molecule has 1 saturated heterocycles. The Balaban J connectivity index is 1.45. The first-order chi connectivity index (χ1) is 15.6. The van der Waals surface area contributed by atoms with E-state index in [-0.39, 0.29) is 0 Å². The van der Waals surface area contributed by atoms with Gasteiger partial charge in [0.25, 0.3) is 0 Å². The highest BCUT2D eigenvalue weighted by atomic mass is 35.5. The largest absolute Gasteiger partial charge is 0.355 e. The summed E-state index contributed by atoms with van der Waals surface area (Å²) in [6, 6.07) is 27.1. The second-order valence-electron chi connectivity index (χ2n) is 8.86. The molecule has 0 radical (unpaired) electrons. The molecule has 1 aliphatic rings. The summed E-state index contributed by atoms with van der Waals surface area (Å²) in [5, 5.41) is 5.50. The van der Waals surface area contributed by atoms with Crippen LogP contribution >= 0.6 is 11.6 Å². The summed E-state index contributed by atoms with van der Waals surface area (Å²) in [5.41, 5.74) is 6.47. The van der Waals surface area contributed by atoms with Gasteiger partial charge in [-0.2, -0.15) is 0 Å². The van der Waals surface area contributed by atoms with E-state index in [1.54, 1.807) is 0 Å². The Bertz CT molecular complexity index is 1230. The van der Waals surface area contributed by atoms with Crippen molar-refractivity contribution in [2.45, 2.75) is 19.3 Å². The van der Waals surface area contributed by atoms with Crippen LogP contribution in [0.25, 0.3) is 22.2 Å². The maximum atomic E-state index is 6.24. The van der Waals surface area contributed by atoms with Crippen molar-refractivity contribution in [1.82, 2.24) is 9.88 Å². The van der Waals surface area contributed by atoms with Crippen LogP contribution in [0.3, 0.4) is 0 Å².